The molecule has 1 rings (SSSR count). The molecule has 54 valence electrons. The monoisotopic (exact) mass is 172 g/mol. The minimum absolute atomic E-state index is 0.634. The highest BCUT2D eigenvalue weighted by molar-refractivity contribution is 7.79. The lowest BCUT2D eigenvalue weighted by molar-refractivity contribution is 1.03. The SMILES string of the molecule is SCc1cncc(CS)n1. The second kappa shape index (κ2) is 3.83. The second-order valence-electron chi connectivity index (χ2n) is 1.82. The molecule has 0 aliphatic rings. The van der Waals surface area contributed by atoms with Crippen LogP contribution in [0.15, 0.2) is 12.4 Å². The van der Waals surface area contributed by atoms with E-state index >= 15 is 0 Å². The number of hydrogen-bond donors (Lipinski definition) is 2. The van der Waals surface area contributed by atoms with Crippen molar-refractivity contribution in [2.75, 3.05) is 0 Å². The normalized spacial score (nSPS) is 9.80. The van der Waals surface area contributed by atoms with Crippen molar-refractivity contribution in [1.82, 2.24) is 9.97 Å². The molecule has 0 spiro atoms. The molecule has 2 nitrogen and oxygen atoms in total. The predicted octanol–water partition coefficient (Wildman–Crippen LogP) is 1.34. The zero-order valence-electron chi connectivity index (χ0n) is 5.36. The number of hydrogen-bond acceptors (Lipinski definition) is 4. The van der Waals surface area contributed by atoms with Crippen LogP contribution in [0.5, 0.6) is 0 Å². The molecular weight excluding hydrogens is 164 g/mol. The fraction of sp³-hybridized carbons (Fsp3) is 0.333. The number of rotatable bonds is 2. The molecule has 4 heteroatoms. The van der Waals surface area contributed by atoms with E-state index in [4.69, 9.17) is 0 Å². The average Bonchev–Trinajstić information content (AvgIpc) is 2.05. The van der Waals surface area contributed by atoms with Crippen LogP contribution in [-0.2, 0) is 11.5 Å². The summed E-state index contributed by atoms with van der Waals surface area (Å²) in [6.07, 6.45) is 3.42. The molecule has 0 aromatic carbocycles. The highest BCUT2D eigenvalue weighted by Crippen LogP contribution is 2.01. The fourth-order valence-corrected chi connectivity index (χ4v) is 0.909. The van der Waals surface area contributed by atoms with Crippen LogP contribution in [0.4, 0.5) is 0 Å². The van der Waals surface area contributed by atoms with E-state index in [2.05, 4.69) is 35.2 Å². The molecular formula is C6H8N2S2. The molecule has 0 atom stereocenters. The molecule has 0 fully saturated rings. The third-order valence-electron chi connectivity index (χ3n) is 1.06. The van der Waals surface area contributed by atoms with Gasteiger partial charge in [-0.2, -0.15) is 25.3 Å². The van der Waals surface area contributed by atoms with Crippen molar-refractivity contribution < 1.29 is 0 Å². The Labute approximate surface area is 70.9 Å². The second-order valence-corrected chi connectivity index (χ2v) is 2.45. The van der Waals surface area contributed by atoms with Crippen molar-refractivity contribution >= 4 is 25.3 Å². The van der Waals surface area contributed by atoms with Gasteiger partial charge in [-0.05, 0) is 0 Å². The quantitative estimate of drug-likeness (QED) is 0.658. The van der Waals surface area contributed by atoms with Gasteiger partial charge in [0.2, 0.25) is 0 Å². The Balaban J connectivity index is 2.87. The van der Waals surface area contributed by atoms with Crippen LogP contribution < -0.4 is 0 Å². The summed E-state index contributed by atoms with van der Waals surface area (Å²) in [7, 11) is 0. The summed E-state index contributed by atoms with van der Waals surface area (Å²) in [6, 6.07) is 0. The molecule has 0 aliphatic heterocycles. The minimum atomic E-state index is 0.634. The van der Waals surface area contributed by atoms with Gasteiger partial charge in [-0.15, -0.1) is 0 Å². The van der Waals surface area contributed by atoms with Crippen molar-refractivity contribution in [2.45, 2.75) is 11.5 Å². The van der Waals surface area contributed by atoms with Gasteiger partial charge in [-0.25, -0.2) is 0 Å². The smallest absolute Gasteiger partial charge is 0.0686 e. The lowest BCUT2D eigenvalue weighted by atomic mass is 10.4. The zero-order chi connectivity index (χ0) is 7.40. The highest BCUT2D eigenvalue weighted by Gasteiger charge is 1.93. The van der Waals surface area contributed by atoms with Crippen LogP contribution in [0.1, 0.15) is 11.4 Å². The summed E-state index contributed by atoms with van der Waals surface area (Å²) < 4.78 is 0. The number of nitrogens with zero attached hydrogens (tertiary/aromatic N) is 2. The third-order valence-corrected chi connectivity index (χ3v) is 1.71. The average molecular weight is 172 g/mol. The minimum Gasteiger partial charge on any atom is -0.261 e. The Morgan fingerprint density at radius 1 is 1.10 bits per heavy atom. The van der Waals surface area contributed by atoms with E-state index in [0.717, 1.165) is 11.4 Å². The summed E-state index contributed by atoms with van der Waals surface area (Å²) in [5, 5.41) is 0. The Bertz CT molecular complexity index is 195. The van der Waals surface area contributed by atoms with Crippen LogP contribution in [0.25, 0.3) is 0 Å². The highest BCUT2D eigenvalue weighted by atomic mass is 32.1. The van der Waals surface area contributed by atoms with Gasteiger partial charge in [0.1, 0.15) is 0 Å². The Morgan fingerprint density at radius 3 is 2.00 bits per heavy atom. The standard InChI is InChI=1S/C6H8N2S2/c9-3-5-1-7-2-6(4-10)8-5/h1-2,9-10H,3-4H2. The predicted molar refractivity (Wildman–Crippen MR) is 47.4 cm³/mol. The fourth-order valence-electron chi connectivity index (χ4n) is 0.604. The molecule has 0 aliphatic carbocycles. The number of thiol groups is 2. The van der Waals surface area contributed by atoms with Crippen molar-refractivity contribution in [1.29, 1.82) is 0 Å². The molecule has 10 heavy (non-hydrogen) atoms. The molecule has 1 heterocycles. The van der Waals surface area contributed by atoms with Crippen molar-refractivity contribution in [3.63, 3.8) is 0 Å². The molecule has 1 aromatic rings. The van der Waals surface area contributed by atoms with Crippen LogP contribution in [0, 0.1) is 0 Å². The molecule has 0 N–H and O–H groups in total. The number of aromatic nitrogens is 2. The van der Waals surface area contributed by atoms with E-state index in [1.165, 1.54) is 0 Å². The van der Waals surface area contributed by atoms with E-state index in [1.54, 1.807) is 12.4 Å². The Kier molecular flexibility index (Phi) is 3.02. The Hall–Kier alpha value is -0.220. The van der Waals surface area contributed by atoms with E-state index in [-0.39, 0.29) is 0 Å². The first-order valence-electron chi connectivity index (χ1n) is 2.88. The van der Waals surface area contributed by atoms with Gasteiger partial charge in [0.05, 0.1) is 11.4 Å². The first-order valence-corrected chi connectivity index (χ1v) is 4.15. The first kappa shape index (κ1) is 7.88. The van der Waals surface area contributed by atoms with Gasteiger partial charge >= 0.3 is 0 Å². The van der Waals surface area contributed by atoms with E-state index < -0.39 is 0 Å². The van der Waals surface area contributed by atoms with Gasteiger partial charge in [0, 0.05) is 23.9 Å². The maximum atomic E-state index is 4.19. The molecule has 0 saturated heterocycles. The van der Waals surface area contributed by atoms with Crippen LogP contribution >= 0.6 is 25.3 Å². The molecule has 0 unspecified atom stereocenters. The summed E-state index contributed by atoms with van der Waals surface area (Å²) in [5.41, 5.74) is 1.80. The largest absolute Gasteiger partial charge is 0.261 e. The van der Waals surface area contributed by atoms with Gasteiger partial charge < -0.3 is 0 Å². The molecule has 1 aromatic heterocycles. The van der Waals surface area contributed by atoms with E-state index in [0.29, 0.717) is 11.5 Å². The first-order chi connectivity index (χ1) is 4.86. The van der Waals surface area contributed by atoms with Gasteiger partial charge in [0.15, 0.2) is 0 Å². The molecule has 0 saturated carbocycles. The van der Waals surface area contributed by atoms with Crippen molar-refractivity contribution in [2.24, 2.45) is 0 Å². The van der Waals surface area contributed by atoms with Gasteiger partial charge in [-0.3, -0.25) is 9.97 Å². The van der Waals surface area contributed by atoms with E-state index in [1.807, 2.05) is 0 Å². The van der Waals surface area contributed by atoms with Crippen molar-refractivity contribution in [3.8, 4) is 0 Å². The summed E-state index contributed by atoms with van der Waals surface area (Å²) >= 11 is 8.14. The van der Waals surface area contributed by atoms with Gasteiger partial charge in [0.25, 0.3) is 0 Å². The lowest BCUT2D eigenvalue weighted by Crippen LogP contribution is -1.92. The van der Waals surface area contributed by atoms with Gasteiger partial charge in [-0.1, -0.05) is 0 Å². The van der Waals surface area contributed by atoms with Crippen molar-refractivity contribution in [3.05, 3.63) is 23.8 Å². The van der Waals surface area contributed by atoms with Crippen LogP contribution in [0.2, 0.25) is 0 Å². The summed E-state index contributed by atoms with van der Waals surface area (Å²) in [6.45, 7) is 0. The molecule has 0 radical (unpaired) electrons. The third kappa shape index (κ3) is 1.88. The van der Waals surface area contributed by atoms with E-state index in [9.17, 15) is 0 Å². The zero-order valence-corrected chi connectivity index (χ0v) is 7.15. The topological polar surface area (TPSA) is 25.8 Å². The summed E-state index contributed by atoms with van der Waals surface area (Å²) in [5.74, 6) is 1.27. The maximum Gasteiger partial charge on any atom is 0.0686 e. The molecule has 0 amide bonds. The van der Waals surface area contributed by atoms with Crippen LogP contribution in [0.3, 0.4) is 0 Å². The van der Waals surface area contributed by atoms with Crippen LogP contribution in [-0.4, -0.2) is 9.97 Å². The molecule has 0 bridgehead atoms. The lowest BCUT2D eigenvalue weighted by Gasteiger charge is -1.96. The Morgan fingerprint density at radius 2 is 1.60 bits per heavy atom. The summed E-state index contributed by atoms with van der Waals surface area (Å²) in [4.78, 5) is 8.16. The maximum absolute atomic E-state index is 4.19.